The summed E-state index contributed by atoms with van der Waals surface area (Å²) in [4.78, 5) is 13.6. The zero-order valence-electron chi connectivity index (χ0n) is 12.3. The van der Waals surface area contributed by atoms with Crippen LogP contribution in [0.1, 0.15) is 24.8 Å². The quantitative estimate of drug-likeness (QED) is 0.839. The summed E-state index contributed by atoms with van der Waals surface area (Å²) in [5.74, 6) is 0.0101. The van der Waals surface area contributed by atoms with Gasteiger partial charge in [0.25, 0.3) is 10.1 Å². The molecule has 1 heterocycles. The number of carbonyl (C=O) groups is 1. The smallest absolute Gasteiger partial charge is 0.410 e. The zero-order chi connectivity index (χ0) is 16.0. The Labute approximate surface area is 130 Å². The van der Waals surface area contributed by atoms with Crippen LogP contribution >= 0.6 is 0 Å². The van der Waals surface area contributed by atoms with Crippen molar-refractivity contribution < 1.29 is 22.5 Å². The van der Waals surface area contributed by atoms with Gasteiger partial charge in [0.2, 0.25) is 0 Å². The third-order valence-corrected chi connectivity index (χ3v) is 4.61. The average molecular weight is 327 g/mol. The molecular weight excluding hydrogens is 306 g/mol. The van der Waals surface area contributed by atoms with Crippen LogP contribution in [-0.2, 0) is 21.5 Å². The van der Waals surface area contributed by atoms with Crippen molar-refractivity contribution in [3.05, 3.63) is 35.9 Å². The number of hydrogen-bond acceptors (Lipinski definition) is 4. The molecule has 0 unspecified atom stereocenters. The van der Waals surface area contributed by atoms with Crippen LogP contribution < -0.4 is 0 Å². The number of nitrogens with zero attached hydrogens (tertiary/aromatic N) is 1. The number of ether oxygens (including phenoxy) is 1. The second kappa shape index (κ2) is 7.60. The first-order valence-corrected chi connectivity index (χ1v) is 8.96. The van der Waals surface area contributed by atoms with E-state index >= 15 is 0 Å². The number of rotatable bonds is 5. The standard InChI is InChI=1S/C15H21NO5S/c17-15(21-12-14-4-2-1-3-5-14)16-9-6-13(7-10-16)8-11-22(18,19)20/h1-5,13H,6-12H2,(H,18,19,20). The van der Waals surface area contributed by atoms with E-state index in [4.69, 9.17) is 9.29 Å². The van der Waals surface area contributed by atoms with Crippen LogP contribution in [0.3, 0.4) is 0 Å². The third-order valence-electron chi connectivity index (χ3n) is 3.86. The topological polar surface area (TPSA) is 83.9 Å². The molecule has 0 aromatic heterocycles. The van der Waals surface area contributed by atoms with E-state index in [-0.39, 0.29) is 24.4 Å². The normalized spacial score (nSPS) is 16.5. The van der Waals surface area contributed by atoms with Gasteiger partial charge in [-0.05, 0) is 30.7 Å². The van der Waals surface area contributed by atoms with Crippen LogP contribution in [0.4, 0.5) is 4.79 Å². The van der Waals surface area contributed by atoms with Gasteiger partial charge in [0.05, 0.1) is 5.75 Å². The Morgan fingerprint density at radius 3 is 2.45 bits per heavy atom. The minimum Gasteiger partial charge on any atom is -0.445 e. The molecular formula is C15H21NO5S. The van der Waals surface area contributed by atoms with Crippen molar-refractivity contribution in [2.75, 3.05) is 18.8 Å². The van der Waals surface area contributed by atoms with E-state index in [0.717, 1.165) is 18.4 Å². The number of piperidine rings is 1. The molecule has 6 nitrogen and oxygen atoms in total. The summed E-state index contributed by atoms with van der Waals surface area (Å²) in [7, 11) is -3.90. The fraction of sp³-hybridized carbons (Fsp3) is 0.533. The summed E-state index contributed by atoms with van der Waals surface area (Å²) in [5.41, 5.74) is 0.943. The predicted molar refractivity (Wildman–Crippen MR) is 82.0 cm³/mol. The van der Waals surface area contributed by atoms with Gasteiger partial charge in [0.1, 0.15) is 6.61 Å². The van der Waals surface area contributed by atoms with Crippen molar-refractivity contribution >= 4 is 16.2 Å². The fourth-order valence-electron chi connectivity index (χ4n) is 2.53. The molecule has 1 aromatic rings. The molecule has 1 aromatic carbocycles. The van der Waals surface area contributed by atoms with E-state index in [2.05, 4.69) is 0 Å². The second-order valence-electron chi connectivity index (χ2n) is 5.55. The molecule has 1 saturated heterocycles. The molecule has 1 aliphatic heterocycles. The first-order chi connectivity index (χ1) is 10.4. The zero-order valence-corrected chi connectivity index (χ0v) is 13.2. The maximum absolute atomic E-state index is 12.0. The monoisotopic (exact) mass is 327 g/mol. The lowest BCUT2D eigenvalue weighted by Gasteiger charge is -2.31. The van der Waals surface area contributed by atoms with Crippen LogP contribution in [0.15, 0.2) is 30.3 Å². The van der Waals surface area contributed by atoms with E-state index in [1.54, 1.807) is 4.90 Å². The number of likely N-dealkylation sites (tertiary alicyclic amines) is 1. The first-order valence-electron chi connectivity index (χ1n) is 7.35. The van der Waals surface area contributed by atoms with E-state index in [1.165, 1.54) is 0 Å². The largest absolute Gasteiger partial charge is 0.445 e. The molecule has 22 heavy (non-hydrogen) atoms. The second-order valence-corrected chi connectivity index (χ2v) is 7.12. The van der Waals surface area contributed by atoms with Crippen molar-refractivity contribution in [1.82, 2.24) is 4.90 Å². The lowest BCUT2D eigenvalue weighted by Crippen LogP contribution is -2.39. The van der Waals surface area contributed by atoms with Crippen molar-refractivity contribution in [2.24, 2.45) is 5.92 Å². The van der Waals surface area contributed by atoms with Gasteiger partial charge in [0, 0.05) is 13.1 Å². The van der Waals surface area contributed by atoms with Gasteiger partial charge in [-0.3, -0.25) is 4.55 Å². The lowest BCUT2D eigenvalue weighted by molar-refractivity contribution is 0.0819. The van der Waals surface area contributed by atoms with Gasteiger partial charge in [-0.2, -0.15) is 8.42 Å². The summed E-state index contributed by atoms with van der Waals surface area (Å²) >= 11 is 0. The average Bonchev–Trinajstić information content (AvgIpc) is 2.51. The first kappa shape index (κ1) is 16.8. The van der Waals surface area contributed by atoms with Gasteiger partial charge in [-0.15, -0.1) is 0 Å². The van der Waals surface area contributed by atoms with E-state index in [0.29, 0.717) is 19.5 Å². The fourth-order valence-corrected chi connectivity index (χ4v) is 3.16. The Hall–Kier alpha value is -1.60. The van der Waals surface area contributed by atoms with Gasteiger partial charge >= 0.3 is 6.09 Å². The van der Waals surface area contributed by atoms with E-state index < -0.39 is 10.1 Å². The number of carbonyl (C=O) groups excluding carboxylic acids is 1. The maximum Gasteiger partial charge on any atom is 0.410 e. The summed E-state index contributed by atoms with van der Waals surface area (Å²) in [6.45, 7) is 1.37. The molecule has 7 heteroatoms. The Morgan fingerprint density at radius 2 is 1.86 bits per heavy atom. The van der Waals surface area contributed by atoms with Crippen molar-refractivity contribution in [3.63, 3.8) is 0 Å². The van der Waals surface area contributed by atoms with Crippen molar-refractivity contribution in [3.8, 4) is 0 Å². The number of hydrogen-bond donors (Lipinski definition) is 1. The molecule has 0 bridgehead atoms. The molecule has 0 atom stereocenters. The molecule has 0 saturated carbocycles. The highest BCUT2D eigenvalue weighted by Gasteiger charge is 2.24. The Kier molecular flexibility index (Phi) is 5.79. The predicted octanol–water partition coefficient (Wildman–Crippen LogP) is 2.31. The summed E-state index contributed by atoms with van der Waals surface area (Å²) in [5, 5.41) is 0. The molecule has 122 valence electrons. The third kappa shape index (κ3) is 5.65. The van der Waals surface area contributed by atoms with E-state index in [9.17, 15) is 13.2 Å². The molecule has 1 aliphatic rings. The van der Waals surface area contributed by atoms with Gasteiger partial charge in [-0.1, -0.05) is 30.3 Å². The highest BCUT2D eigenvalue weighted by atomic mass is 32.2. The van der Waals surface area contributed by atoms with Gasteiger partial charge < -0.3 is 9.64 Å². The number of amides is 1. The molecule has 0 radical (unpaired) electrons. The Balaban J connectivity index is 1.71. The summed E-state index contributed by atoms with van der Waals surface area (Å²) in [6, 6.07) is 9.49. The van der Waals surface area contributed by atoms with Crippen LogP contribution in [0, 0.1) is 5.92 Å². The van der Waals surface area contributed by atoms with Gasteiger partial charge in [-0.25, -0.2) is 4.79 Å². The van der Waals surface area contributed by atoms with Gasteiger partial charge in [0.15, 0.2) is 0 Å². The highest BCUT2D eigenvalue weighted by Crippen LogP contribution is 2.21. The lowest BCUT2D eigenvalue weighted by atomic mass is 9.95. The van der Waals surface area contributed by atoms with E-state index in [1.807, 2.05) is 30.3 Å². The van der Waals surface area contributed by atoms with Crippen molar-refractivity contribution in [2.45, 2.75) is 25.9 Å². The van der Waals surface area contributed by atoms with Crippen LogP contribution in [0.2, 0.25) is 0 Å². The molecule has 1 fully saturated rings. The van der Waals surface area contributed by atoms with Crippen LogP contribution in [-0.4, -0.2) is 42.8 Å². The van der Waals surface area contributed by atoms with Crippen LogP contribution in [0.5, 0.6) is 0 Å². The van der Waals surface area contributed by atoms with Crippen LogP contribution in [0.25, 0.3) is 0 Å². The molecule has 2 rings (SSSR count). The molecule has 0 spiro atoms. The Bertz CT molecular complexity index is 579. The maximum atomic E-state index is 12.0. The summed E-state index contributed by atoms with van der Waals surface area (Å²) in [6.07, 6.45) is 1.56. The minimum absolute atomic E-state index is 0.212. The molecule has 1 amide bonds. The minimum atomic E-state index is -3.90. The molecule has 0 aliphatic carbocycles. The summed E-state index contributed by atoms with van der Waals surface area (Å²) < 4.78 is 35.5. The Morgan fingerprint density at radius 1 is 1.23 bits per heavy atom. The highest BCUT2D eigenvalue weighted by molar-refractivity contribution is 7.85. The molecule has 1 N–H and O–H groups in total. The SMILES string of the molecule is O=C(OCc1ccccc1)N1CCC(CCS(=O)(=O)O)CC1. The number of benzene rings is 1. The van der Waals surface area contributed by atoms with Crippen molar-refractivity contribution in [1.29, 1.82) is 0 Å².